The van der Waals surface area contributed by atoms with Crippen LogP contribution in [0.3, 0.4) is 0 Å². The van der Waals surface area contributed by atoms with Crippen LogP contribution in [0.5, 0.6) is 17.2 Å². The fourth-order valence-electron chi connectivity index (χ4n) is 2.69. The zero-order chi connectivity index (χ0) is 20.8. The van der Waals surface area contributed by atoms with Crippen molar-refractivity contribution in [1.29, 1.82) is 0 Å². The number of nitrogens with one attached hydrogen (secondary N) is 1. The molecule has 9 nitrogen and oxygen atoms in total. The molecule has 9 heteroatoms. The van der Waals surface area contributed by atoms with Gasteiger partial charge in [-0.1, -0.05) is 12.1 Å². The zero-order valence-corrected chi connectivity index (χ0v) is 15.9. The maximum atomic E-state index is 12.2. The summed E-state index contributed by atoms with van der Waals surface area (Å²) in [4.78, 5) is 36.8. The van der Waals surface area contributed by atoms with E-state index < -0.39 is 11.9 Å². The monoisotopic (exact) mass is 397 g/mol. The molecule has 0 spiro atoms. The van der Waals surface area contributed by atoms with Crippen LogP contribution in [0.4, 0.5) is 5.69 Å². The average Bonchev–Trinajstić information content (AvgIpc) is 2.71. The molecule has 0 atom stereocenters. The van der Waals surface area contributed by atoms with E-state index in [0.29, 0.717) is 22.7 Å². The van der Waals surface area contributed by atoms with Crippen molar-refractivity contribution in [3.05, 3.63) is 48.0 Å². The Kier molecular flexibility index (Phi) is 6.08. The standard InChI is InChI=1S/C20H19N3O6/c1-13(24)29-17-8-7-14(9-18(17)27-2)10-21-22-19(25)11-23-15-5-3-4-6-16(15)28-12-20(23)26/h3-10H,11-12H2,1-2H3,(H,22,25)/b21-10-. The van der Waals surface area contributed by atoms with E-state index in [9.17, 15) is 14.4 Å². The van der Waals surface area contributed by atoms with Gasteiger partial charge in [-0.25, -0.2) is 5.43 Å². The van der Waals surface area contributed by atoms with E-state index in [-0.39, 0.29) is 24.8 Å². The quantitative estimate of drug-likeness (QED) is 0.343. The van der Waals surface area contributed by atoms with Crippen molar-refractivity contribution in [3.63, 3.8) is 0 Å². The van der Waals surface area contributed by atoms with Crippen LogP contribution in [0.15, 0.2) is 47.6 Å². The smallest absolute Gasteiger partial charge is 0.308 e. The van der Waals surface area contributed by atoms with Crippen LogP contribution in [0.1, 0.15) is 12.5 Å². The molecule has 0 unspecified atom stereocenters. The molecule has 0 saturated carbocycles. The second-order valence-corrected chi connectivity index (χ2v) is 6.03. The zero-order valence-electron chi connectivity index (χ0n) is 15.9. The van der Waals surface area contributed by atoms with Crippen molar-refractivity contribution >= 4 is 29.7 Å². The number of amides is 2. The lowest BCUT2D eigenvalue weighted by atomic mass is 10.2. The second-order valence-electron chi connectivity index (χ2n) is 6.03. The number of fused-ring (bicyclic) bond motifs is 1. The Morgan fingerprint density at radius 1 is 1.24 bits per heavy atom. The molecule has 1 aliphatic rings. The van der Waals surface area contributed by atoms with Crippen molar-refractivity contribution in [3.8, 4) is 17.2 Å². The van der Waals surface area contributed by atoms with Gasteiger partial charge in [-0.2, -0.15) is 5.10 Å². The number of nitrogens with zero attached hydrogens (tertiary/aromatic N) is 2. The fourth-order valence-corrected chi connectivity index (χ4v) is 2.69. The number of rotatable bonds is 6. The highest BCUT2D eigenvalue weighted by molar-refractivity contribution is 6.02. The molecule has 29 heavy (non-hydrogen) atoms. The maximum absolute atomic E-state index is 12.2. The van der Waals surface area contributed by atoms with Crippen LogP contribution in [0.25, 0.3) is 0 Å². The number of benzene rings is 2. The Morgan fingerprint density at radius 2 is 2.03 bits per heavy atom. The van der Waals surface area contributed by atoms with Crippen molar-refractivity contribution in [2.75, 3.05) is 25.2 Å². The highest BCUT2D eigenvalue weighted by Crippen LogP contribution is 2.31. The predicted octanol–water partition coefficient (Wildman–Crippen LogP) is 1.50. The molecule has 1 N–H and O–H groups in total. The van der Waals surface area contributed by atoms with E-state index in [0.717, 1.165) is 0 Å². The first kappa shape index (κ1) is 19.9. The Labute approximate surface area is 166 Å². The molecule has 2 amide bonds. The van der Waals surface area contributed by atoms with Crippen LogP contribution in [-0.2, 0) is 14.4 Å². The lowest BCUT2D eigenvalue weighted by molar-refractivity contribution is -0.132. The van der Waals surface area contributed by atoms with Gasteiger partial charge in [0.05, 0.1) is 19.0 Å². The number of hydrogen-bond acceptors (Lipinski definition) is 7. The molecule has 0 radical (unpaired) electrons. The number of ether oxygens (including phenoxy) is 3. The van der Waals surface area contributed by atoms with Gasteiger partial charge in [0.25, 0.3) is 11.8 Å². The third kappa shape index (κ3) is 4.89. The molecule has 0 aliphatic carbocycles. The minimum Gasteiger partial charge on any atom is -0.493 e. The van der Waals surface area contributed by atoms with E-state index in [1.165, 1.54) is 25.1 Å². The highest BCUT2D eigenvalue weighted by atomic mass is 16.6. The molecule has 150 valence electrons. The van der Waals surface area contributed by atoms with E-state index in [4.69, 9.17) is 14.2 Å². The van der Waals surface area contributed by atoms with Crippen molar-refractivity contribution in [1.82, 2.24) is 5.43 Å². The number of para-hydroxylation sites is 2. The van der Waals surface area contributed by atoms with Gasteiger partial charge in [0.15, 0.2) is 18.1 Å². The molecular formula is C20H19N3O6. The number of carbonyl (C=O) groups excluding carboxylic acids is 3. The summed E-state index contributed by atoms with van der Waals surface area (Å²) >= 11 is 0. The number of carbonyl (C=O) groups is 3. The summed E-state index contributed by atoms with van der Waals surface area (Å²) in [5, 5.41) is 3.90. The predicted molar refractivity (Wildman–Crippen MR) is 104 cm³/mol. The van der Waals surface area contributed by atoms with Gasteiger partial charge in [0.2, 0.25) is 0 Å². The number of hydrogen-bond donors (Lipinski definition) is 1. The maximum Gasteiger partial charge on any atom is 0.308 e. The van der Waals surface area contributed by atoms with Gasteiger partial charge < -0.3 is 14.2 Å². The lowest BCUT2D eigenvalue weighted by Crippen LogP contribution is -2.44. The fraction of sp³-hybridized carbons (Fsp3) is 0.200. The largest absolute Gasteiger partial charge is 0.493 e. The molecule has 0 aromatic heterocycles. The number of hydrazone groups is 1. The SMILES string of the molecule is COc1cc(/C=N\NC(=O)CN2C(=O)COc3ccccc32)ccc1OC(C)=O. The van der Waals surface area contributed by atoms with Gasteiger partial charge in [0, 0.05) is 6.92 Å². The van der Waals surface area contributed by atoms with E-state index in [1.54, 1.807) is 42.5 Å². The van der Waals surface area contributed by atoms with E-state index in [1.807, 2.05) is 0 Å². The molecule has 1 heterocycles. The van der Waals surface area contributed by atoms with Gasteiger partial charge in [0.1, 0.15) is 12.3 Å². The highest BCUT2D eigenvalue weighted by Gasteiger charge is 2.26. The van der Waals surface area contributed by atoms with Crippen LogP contribution in [0.2, 0.25) is 0 Å². The van der Waals surface area contributed by atoms with Gasteiger partial charge in [-0.15, -0.1) is 0 Å². The van der Waals surface area contributed by atoms with Gasteiger partial charge >= 0.3 is 5.97 Å². The lowest BCUT2D eigenvalue weighted by Gasteiger charge is -2.28. The van der Waals surface area contributed by atoms with Crippen LogP contribution in [0, 0.1) is 0 Å². The first-order valence-corrected chi connectivity index (χ1v) is 8.68. The third-order valence-electron chi connectivity index (χ3n) is 3.95. The summed E-state index contributed by atoms with van der Waals surface area (Å²) in [6.45, 7) is 0.981. The van der Waals surface area contributed by atoms with Crippen LogP contribution >= 0.6 is 0 Å². The Bertz CT molecular complexity index is 972. The number of methoxy groups -OCH3 is 1. The normalized spacial score (nSPS) is 12.9. The summed E-state index contributed by atoms with van der Waals surface area (Å²) < 4.78 is 15.6. The molecule has 0 fully saturated rings. The molecule has 0 saturated heterocycles. The minimum absolute atomic E-state index is 0.123. The van der Waals surface area contributed by atoms with Crippen LogP contribution in [-0.4, -0.2) is 44.3 Å². The topological polar surface area (TPSA) is 107 Å². The van der Waals surface area contributed by atoms with Gasteiger partial charge in [-0.05, 0) is 35.9 Å². The molecule has 1 aliphatic heterocycles. The molecule has 2 aromatic carbocycles. The number of anilines is 1. The molecular weight excluding hydrogens is 378 g/mol. The first-order valence-electron chi connectivity index (χ1n) is 8.68. The summed E-state index contributed by atoms with van der Waals surface area (Å²) in [5.74, 6) is -0.0558. The summed E-state index contributed by atoms with van der Waals surface area (Å²) in [6, 6.07) is 11.8. The third-order valence-corrected chi connectivity index (χ3v) is 3.95. The number of esters is 1. The Balaban J connectivity index is 1.63. The minimum atomic E-state index is -0.463. The van der Waals surface area contributed by atoms with Crippen LogP contribution < -0.4 is 24.5 Å². The second kappa shape index (κ2) is 8.87. The van der Waals surface area contributed by atoms with Crippen molar-refractivity contribution in [2.45, 2.75) is 6.92 Å². The summed E-state index contributed by atoms with van der Waals surface area (Å²) in [6.07, 6.45) is 1.41. The van der Waals surface area contributed by atoms with E-state index in [2.05, 4.69) is 10.5 Å². The summed E-state index contributed by atoms with van der Waals surface area (Å²) in [7, 11) is 1.45. The molecule has 0 bridgehead atoms. The van der Waals surface area contributed by atoms with Gasteiger partial charge in [-0.3, -0.25) is 19.3 Å². The summed E-state index contributed by atoms with van der Waals surface area (Å²) in [5.41, 5.74) is 3.54. The van der Waals surface area contributed by atoms with Crippen molar-refractivity contribution < 1.29 is 28.6 Å². The molecule has 3 rings (SSSR count). The first-order chi connectivity index (χ1) is 14.0. The Hall–Kier alpha value is -3.88. The van der Waals surface area contributed by atoms with E-state index >= 15 is 0 Å². The average molecular weight is 397 g/mol. The van der Waals surface area contributed by atoms with Crippen molar-refractivity contribution in [2.24, 2.45) is 5.10 Å². The Morgan fingerprint density at radius 3 is 2.79 bits per heavy atom. The molecule has 2 aromatic rings.